The molecule has 0 heterocycles. The van der Waals surface area contributed by atoms with Crippen molar-refractivity contribution in [3.8, 4) is 0 Å². The molecule has 17 heavy (non-hydrogen) atoms. The Kier molecular flexibility index (Phi) is 5.80. The Morgan fingerprint density at radius 2 is 2.06 bits per heavy atom. The predicted octanol–water partition coefficient (Wildman–Crippen LogP) is 1.59. The van der Waals surface area contributed by atoms with Gasteiger partial charge in [-0.2, -0.15) is 0 Å². The summed E-state index contributed by atoms with van der Waals surface area (Å²) in [6.45, 7) is 3.39. The first-order chi connectivity index (χ1) is 8.08. The van der Waals surface area contributed by atoms with Gasteiger partial charge < -0.3 is 15.7 Å². The minimum atomic E-state index is -0.827. The Hall–Kier alpha value is -1.26. The monoisotopic (exact) mass is 242 g/mol. The van der Waals surface area contributed by atoms with E-state index in [1.54, 1.807) is 0 Å². The van der Waals surface area contributed by atoms with Crippen LogP contribution in [0.5, 0.6) is 0 Å². The highest BCUT2D eigenvalue weighted by molar-refractivity contribution is 5.73. The van der Waals surface area contributed by atoms with Gasteiger partial charge in [0.1, 0.15) is 0 Å². The lowest BCUT2D eigenvalue weighted by atomic mass is 10.1. The normalized spacial score (nSPS) is 23.4. The number of urea groups is 1. The summed E-state index contributed by atoms with van der Waals surface area (Å²) in [4.78, 5) is 21.6. The lowest BCUT2D eigenvalue weighted by molar-refractivity contribution is -0.137. The maximum atomic E-state index is 11.4. The van der Waals surface area contributed by atoms with Crippen LogP contribution in [-0.2, 0) is 4.79 Å². The second-order valence-electron chi connectivity index (χ2n) is 4.92. The quantitative estimate of drug-likeness (QED) is 0.619. The topological polar surface area (TPSA) is 78.4 Å². The molecule has 0 aromatic rings. The number of rotatable bonds is 6. The standard InChI is InChI=1S/C12H22N2O3/c1-9-4-5-10(7-9)8-14-12(17)13-6-2-3-11(15)16/h9-10H,2-8H2,1H3,(H,15,16)(H2,13,14,17). The van der Waals surface area contributed by atoms with Gasteiger partial charge in [0.05, 0.1) is 0 Å². The van der Waals surface area contributed by atoms with E-state index < -0.39 is 5.97 Å². The smallest absolute Gasteiger partial charge is 0.314 e. The van der Waals surface area contributed by atoms with E-state index >= 15 is 0 Å². The summed E-state index contributed by atoms with van der Waals surface area (Å²) in [7, 11) is 0. The van der Waals surface area contributed by atoms with Crippen molar-refractivity contribution in [1.82, 2.24) is 10.6 Å². The molecule has 5 nitrogen and oxygen atoms in total. The zero-order valence-electron chi connectivity index (χ0n) is 10.4. The molecular weight excluding hydrogens is 220 g/mol. The zero-order valence-corrected chi connectivity index (χ0v) is 10.4. The lowest BCUT2D eigenvalue weighted by Crippen LogP contribution is -2.38. The number of hydrogen-bond donors (Lipinski definition) is 3. The van der Waals surface area contributed by atoms with Crippen LogP contribution in [0, 0.1) is 11.8 Å². The van der Waals surface area contributed by atoms with Crippen LogP contribution in [0.1, 0.15) is 39.0 Å². The van der Waals surface area contributed by atoms with Gasteiger partial charge in [-0.3, -0.25) is 4.79 Å². The minimum Gasteiger partial charge on any atom is -0.481 e. The molecule has 2 amide bonds. The molecule has 1 rings (SSSR count). The molecule has 0 radical (unpaired) electrons. The van der Waals surface area contributed by atoms with Gasteiger partial charge in [-0.1, -0.05) is 13.3 Å². The van der Waals surface area contributed by atoms with Crippen molar-refractivity contribution in [2.24, 2.45) is 11.8 Å². The number of carbonyl (C=O) groups excluding carboxylic acids is 1. The third-order valence-electron chi connectivity index (χ3n) is 3.21. The molecule has 2 unspecified atom stereocenters. The fraction of sp³-hybridized carbons (Fsp3) is 0.833. The summed E-state index contributed by atoms with van der Waals surface area (Å²) < 4.78 is 0. The third-order valence-corrected chi connectivity index (χ3v) is 3.21. The molecule has 1 aliphatic carbocycles. The predicted molar refractivity (Wildman–Crippen MR) is 64.8 cm³/mol. The molecule has 0 spiro atoms. The van der Waals surface area contributed by atoms with Gasteiger partial charge in [-0.05, 0) is 31.1 Å². The van der Waals surface area contributed by atoms with Crippen LogP contribution >= 0.6 is 0 Å². The Morgan fingerprint density at radius 1 is 1.29 bits per heavy atom. The summed E-state index contributed by atoms with van der Waals surface area (Å²) in [5, 5.41) is 13.9. The Balaban J connectivity index is 1.99. The molecule has 98 valence electrons. The maximum Gasteiger partial charge on any atom is 0.314 e. The summed E-state index contributed by atoms with van der Waals surface area (Å²) in [5.41, 5.74) is 0. The zero-order chi connectivity index (χ0) is 12.7. The first-order valence-electron chi connectivity index (χ1n) is 6.31. The number of hydrogen-bond acceptors (Lipinski definition) is 2. The Labute approximate surface area is 102 Å². The van der Waals surface area contributed by atoms with Gasteiger partial charge in [-0.25, -0.2) is 4.79 Å². The second-order valence-corrected chi connectivity index (χ2v) is 4.92. The third kappa shape index (κ3) is 6.14. The summed E-state index contributed by atoms with van der Waals surface area (Å²) in [5.74, 6) is 0.558. The largest absolute Gasteiger partial charge is 0.481 e. The van der Waals surface area contributed by atoms with Crippen molar-refractivity contribution in [3.05, 3.63) is 0 Å². The minimum absolute atomic E-state index is 0.0976. The van der Waals surface area contributed by atoms with Gasteiger partial charge in [0, 0.05) is 19.5 Å². The molecule has 0 bridgehead atoms. The highest BCUT2D eigenvalue weighted by Crippen LogP contribution is 2.29. The highest BCUT2D eigenvalue weighted by Gasteiger charge is 2.21. The highest BCUT2D eigenvalue weighted by atomic mass is 16.4. The van der Waals surface area contributed by atoms with Crippen LogP contribution in [0.15, 0.2) is 0 Å². The van der Waals surface area contributed by atoms with Crippen LogP contribution in [0.4, 0.5) is 4.79 Å². The van der Waals surface area contributed by atoms with E-state index in [-0.39, 0.29) is 12.5 Å². The van der Waals surface area contributed by atoms with Crippen molar-refractivity contribution >= 4 is 12.0 Å². The molecule has 2 atom stereocenters. The molecule has 0 aromatic heterocycles. The average molecular weight is 242 g/mol. The number of nitrogens with one attached hydrogen (secondary N) is 2. The number of carboxylic acid groups (broad SMARTS) is 1. The second kappa shape index (κ2) is 7.14. The van der Waals surface area contributed by atoms with Crippen LogP contribution in [-0.4, -0.2) is 30.2 Å². The van der Waals surface area contributed by atoms with Gasteiger partial charge in [-0.15, -0.1) is 0 Å². The fourth-order valence-corrected chi connectivity index (χ4v) is 2.25. The lowest BCUT2D eigenvalue weighted by Gasteiger charge is -2.11. The van der Waals surface area contributed by atoms with E-state index in [1.807, 2.05) is 0 Å². The van der Waals surface area contributed by atoms with Crippen LogP contribution in [0.3, 0.4) is 0 Å². The molecule has 0 aromatic carbocycles. The summed E-state index contributed by atoms with van der Waals surface area (Å²) >= 11 is 0. The van der Waals surface area contributed by atoms with E-state index in [1.165, 1.54) is 19.3 Å². The van der Waals surface area contributed by atoms with Gasteiger partial charge in [0.15, 0.2) is 0 Å². The van der Waals surface area contributed by atoms with Crippen molar-refractivity contribution in [2.75, 3.05) is 13.1 Å². The van der Waals surface area contributed by atoms with Gasteiger partial charge in [0.25, 0.3) is 0 Å². The first-order valence-corrected chi connectivity index (χ1v) is 6.31. The van der Waals surface area contributed by atoms with Crippen LogP contribution in [0.2, 0.25) is 0 Å². The molecule has 0 saturated heterocycles. The van der Waals surface area contributed by atoms with Crippen LogP contribution in [0.25, 0.3) is 0 Å². The van der Waals surface area contributed by atoms with Crippen LogP contribution < -0.4 is 10.6 Å². The van der Waals surface area contributed by atoms with Crippen molar-refractivity contribution in [1.29, 1.82) is 0 Å². The van der Waals surface area contributed by atoms with E-state index in [0.29, 0.717) is 18.9 Å². The van der Waals surface area contributed by atoms with Gasteiger partial charge >= 0.3 is 12.0 Å². The van der Waals surface area contributed by atoms with Crippen molar-refractivity contribution in [3.63, 3.8) is 0 Å². The number of carboxylic acids is 1. The molecule has 1 aliphatic rings. The molecule has 1 saturated carbocycles. The van der Waals surface area contributed by atoms with E-state index in [4.69, 9.17) is 5.11 Å². The van der Waals surface area contributed by atoms with E-state index in [2.05, 4.69) is 17.6 Å². The number of carbonyl (C=O) groups is 2. The fourth-order valence-electron chi connectivity index (χ4n) is 2.25. The molecule has 0 aliphatic heterocycles. The SMILES string of the molecule is CC1CCC(CNC(=O)NCCCC(=O)O)C1. The molecule has 1 fully saturated rings. The molecule has 5 heteroatoms. The van der Waals surface area contributed by atoms with E-state index in [0.717, 1.165) is 12.5 Å². The Morgan fingerprint density at radius 3 is 2.65 bits per heavy atom. The Bertz CT molecular complexity index is 268. The average Bonchev–Trinajstić information content (AvgIpc) is 2.67. The number of amides is 2. The summed E-state index contributed by atoms with van der Waals surface area (Å²) in [6.07, 6.45) is 4.22. The maximum absolute atomic E-state index is 11.4. The number of aliphatic carboxylic acids is 1. The van der Waals surface area contributed by atoms with Gasteiger partial charge in [0.2, 0.25) is 0 Å². The van der Waals surface area contributed by atoms with E-state index in [9.17, 15) is 9.59 Å². The first kappa shape index (κ1) is 13.8. The summed E-state index contributed by atoms with van der Waals surface area (Å²) in [6, 6.07) is -0.185. The van der Waals surface area contributed by atoms with Crippen molar-refractivity contribution in [2.45, 2.75) is 39.0 Å². The molecular formula is C12H22N2O3. The molecule has 3 N–H and O–H groups in total. The van der Waals surface area contributed by atoms with Crippen molar-refractivity contribution < 1.29 is 14.7 Å².